The molecule has 0 aliphatic carbocycles. The molecule has 0 saturated carbocycles. The SMILES string of the molecule is Cc1ccccc1C(=O)OCCc1c(C)nc2nc[nH]n2c1=O. The Balaban J connectivity index is 1.73. The molecule has 0 bridgehead atoms. The highest BCUT2D eigenvalue weighted by Crippen LogP contribution is 2.09. The van der Waals surface area contributed by atoms with Crippen molar-refractivity contribution in [1.82, 2.24) is 19.6 Å². The summed E-state index contributed by atoms with van der Waals surface area (Å²) in [5.41, 5.74) is 2.26. The molecule has 118 valence electrons. The lowest BCUT2D eigenvalue weighted by molar-refractivity contribution is 0.0508. The van der Waals surface area contributed by atoms with Crippen molar-refractivity contribution in [3.05, 3.63) is 63.3 Å². The molecule has 0 amide bonds. The maximum absolute atomic E-state index is 12.3. The number of nitrogens with zero attached hydrogens (tertiary/aromatic N) is 3. The average molecular weight is 312 g/mol. The van der Waals surface area contributed by atoms with Crippen LogP contribution in [-0.4, -0.2) is 32.2 Å². The number of hydrogen-bond acceptors (Lipinski definition) is 5. The van der Waals surface area contributed by atoms with Gasteiger partial charge in [-0.3, -0.25) is 9.89 Å². The predicted octanol–water partition coefficient (Wildman–Crippen LogP) is 1.43. The van der Waals surface area contributed by atoms with Crippen molar-refractivity contribution in [2.75, 3.05) is 6.61 Å². The van der Waals surface area contributed by atoms with Crippen molar-refractivity contribution in [1.29, 1.82) is 0 Å². The second-order valence-electron chi connectivity index (χ2n) is 5.20. The number of ether oxygens (including phenoxy) is 1. The fourth-order valence-corrected chi connectivity index (χ4v) is 2.41. The Bertz CT molecular complexity index is 926. The largest absolute Gasteiger partial charge is 0.462 e. The standard InChI is InChI=1S/C16H16N4O3/c1-10-5-3-4-6-12(10)15(22)23-8-7-13-11(2)19-16-17-9-18-20(16)14(13)21/h3-6,9H,7-8H2,1-2H3,(H,17,18,19). The highest BCUT2D eigenvalue weighted by atomic mass is 16.5. The van der Waals surface area contributed by atoms with Gasteiger partial charge in [0.25, 0.3) is 11.3 Å². The second-order valence-corrected chi connectivity index (χ2v) is 5.20. The van der Waals surface area contributed by atoms with E-state index in [4.69, 9.17) is 4.74 Å². The number of rotatable bonds is 4. The van der Waals surface area contributed by atoms with E-state index in [1.54, 1.807) is 19.1 Å². The van der Waals surface area contributed by atoms with Gasteiger partial charge >= 0.3 is 5.97 Å². The summed E-state index contributed by atoms with van der Waals surface area (Å²) in [6.45, 7) is 3.71. The molecule has 0 fully saturated rings. The van der Waals surface area contributed by atoms with E-state index in [-0.39, 0.29) is 12.2 Å². The Hall–Kier alpha value is -2.96. The van der Waals surface area contributed by atoms with Gasteiger partial charge in [0.05, 0.1) is 17.9 Å². The van der Waals surface area contributed by atoms with E-state index >= 15 is 0 Å². The van der Waals surface area contributed by atoms with E-state index in [9.17, 15) is 9.59 Å². The Labute approximate surface area is 131 Å². The number of fused-ring (bicyclic) bond motifs is 1. The van der Waals surface area contributed by atoms with Crippen LogP contribution < -0.4 is 5.56 Å². The van der Waals surface area contributed by atoms with Crippen molar-refractivity contribution < 1.29 is 9.53 Å². The highest BCUT2D eigenvalue weighted by Gasteiger charge is 2.13. The Morgan fingerprint density at radius 1 is 1.30 bits per heavy atom. The molecular weight excluding hydrogens is 296 g/mol. The van der Waals surface area contributed by atoms with Gasteiger partial charge < -0.3 is 4.74 Å². The number of carbonyl (C=O) groups excluding carboxylic acids is 1. The van der Waals surface area contributed by atoms with Crippen molar-refractivity contribution in [3.63, 3.8) is 0 Å². The zero-order chi connectivity index (χ0) is 16.4. The Morgan fingerprint density at radius 3 is 2.87 bits per heavy atom. The molecule has 0 radical (unpaired) electrons. The van der Waals surface area contributed by atoms with Crippen molar-refractivity contribution in [2.24, 2.45) is 0 Å². The molecule has 23 heavy (non-hydrogen) atoms. The number of aromatic nitrogens is 4. The minimum Gasteiger partial charge on any atom is -0.462 e. The van der Waals surface area contributed by atoms with Crippen molar-refractivity contribution >= 4 is 11.7 Å². The smallest absolute Gasteiger partial charge is 0.338 e. The summed E-state index contributed by atoms with van der Waals surface area (Å²) < 4.78 is 6.55. The van der Waals surface area contributed by atoms with Gasteiger partial charge in [-0.15, -0.1) is 0 Å². The zero-order valence-corrected chi connectivity index (χ0v) is 12.9. The predicted molar refractivity (Wildman–Crippen MR) is 83.5 cm³/mol. The maximum atomic E-state index is 12.3. The van der Waals surface area contributed by atoms with E-state index in [0.717, 1.165) is 5.56 Å². The summed E-state index contributed by atoms with van der Waals surface area (Å²) in [6, 6.07) is 7.22. The molecule has 3 aromatic rings. The van der Waals surface area contributed by atoms with Gasteiger partial charge in [0.1, 0.15) is 6.33 Å². The third kappa shape index (κ3) is 2.85. The second kappa shape index (κ2) is 6.04. The molecule has 7 heteroatoms. The number of hydrogen-bond donors (Lipinski definition) is 1. The zero-order valence-electron chi connectivity index (χ0n) is 12.9. The minimum absolute atomic E-state index is 0.116. The number of carbonyl (C=O) groups is 1. The summed E-state index contributed by atoms with van der Waals surface area (Å²) in [5.74, 6) is -0.0652. The molecule has 3 rings (SSSR count). The number of benzene rings is 1. The van der Waals surface area contributed by atoms with Gasteiger partial charge in [-0.25, -0.2) is 14.8 Å². The van der Waals surface area contributed by atoms with Gasteiger partial charge in [0.2, 0.25) is 0 Å². The summed E-state index contributed by atoms with van der Waals surface area (Å²) in [5, 5.41) is 2.71. The molecule has 0 saturated heterocycles. The van der Waals surface area contributed by atoms with Gasteiger partial charge in [0, 0.05) is 12.0 Å². The van der Waals surface area contributed by atoms with Crippen LogP contribution in [0.4, 0.5) is 0 Å². The maximum Gasteiger partial charge on any atom is 0.338 e. The lowest BCUT2D eigenvalue weighted by Crippen LogP contribution is -2.23. The number of aryl methyl sites for hydroxylation is 2. The number of H-pyrrole nitrogens is 1. The highest BCUT2D eigenvalue weighted by molar-refractivity contribution is 5.90. The average Bonchev–Trinajstić information content (AvgIpc) is 2.99. The molecule has 0 spiro atoms. The quantitative estimate of drug-likeness (QED) is 0.736. The van der Waals surface area contributed by atoms with Crippen LogP contribution in [-0.2, 0) is 11.2 Å². The lowest BCUT2D eigenvalue weighted by Gasteiger charge is -2.08. The topological polar surface area (TPSA) is 89.3 Å². The number of nitrogens with one attached hydrogen (secondary N) is 1. The molecule has 2 aromatic heterocycles. The fraction of sp³-hybridized carbons (Fsp3) is 0.250. The summed E-state index contributed by atoms with van der Waals surface area (Å²) >= 11 is 0. The van der Waals surface area contributed by atoms with Crippen LogP contribution in [0.2, 0.25) is 0 Å². The summed E-state index contributed by atoms with van der Waals surface area (Å²) in [6.07, 6.45) is 1.71. The first kappa shape index (κ1) is 15.0. The van der Waals surface area contributed by atoms with Crippen LogP contribution in [0.25, 0.3) is 5.78 Å². The van der Waals surface area contributed by atoms with Crippen LogP contribution >= 0.6 is 0 Å². The van der Waals surface area contributed by atoms with Crippen LogP contribution in [0.1, 0.15) is 27.2 Å². The van der Waals surface area contributed by atoms with Gasteiger partial charge in [-0.2, -0.15) is 4.52 Å². The van der Waals surface area contributed by atoms with E-state index < -0.39 is 5.97 Å². The Kier molecular flexibility index (Phi) is 3.92. The molecule has 0 unspecified atom stereocenters. The van der Waals surface area contributed by atoms with Crippen LogP contribution in [0.15, 0.2) is 35.4 Å². The van der Waals surface area contributed by atoms with Gasteiger partial charge in [0.15, 0.2) is 0 Å². The third-order valence-electron chi connectivity index (χ3n) is 3.68. The van der Waals surface area contributed by atoms with Gasteiger partial charge in [-0.1, -0.05) is 18.2 Å². The van der Waals surface area contributed by atoms with E-state index in [1.807, 2.05) is 19.1 Å². The Morgan fingerprint density at radius 2 is 2.09 bits per heavy atom. The lowest BCUT2D eigenvalue weighted by atomic mass is 10.1. The molecule has 0 atom stereocenters. The first-order valence-electron chi connectivity index (χ1n) is 7.22. The molecule has 7 nitrogen and oxygen atoms in total. The summed E-state index contributed by atoms with van der Waals surface area (Å²) in [7, 11) is 0. The van der Waals surface area contributed by atoms with Crippen LogP contribution in [0.5, 0.6) is 0 Å². The molecular formula is C16H16N4O3. The molecule has 1 aromatic carbocycles. The first-order chi connectivity index (χ1) is 11.1. The number of aromatic amines is 1. The van der Waals surface area contributed by atoms with Gasteiger partial charge in [-0.05, 0) is 25.5 Å². The first-order valence-corrected chi connectivity index (χ1v) is 7.22. The molecule has 0 aliphatic heterocycles. The third-order valence-corrected chi connectivity index (χ3v) is 3.68. The van der Waals surface area contributed by atoms with E-state index in [2.05, 4.69) is 15.1 Å². The molecule has 0 aliphatic rings. The van der Waals surface area contributed by atoms with Crippen LogP contribution in [0, 0.1) is 13.8 Å². The number of esters is 1. The van der Waals surface area contributed by atoms with Crippen LogP contribution in [0.3, 0.4) is 0 Å². The van der Waals surface area contributed by atoms with Crippen molar-refractivity contribution in [3.8, 4) is 0 Å². The fourth-order valence-electron chi connectivity index (χ4n) is 2.41. The molecule has 1 N–H and O–H groups in total. The van der Waals surface area contributed by atoms with Crippen molar-refractivity contribution in [2.45, 2.75) is 20.3 Å². The minimum atomic E-state index is -0.392. The monoisotopic (exact) mass is 312 g/mol. The molecule has 2 heterocycles. The summed E-state index contributed by atoms with van der Waals surface area (Å²) in [4.78, 5) is 32.6. The van der Waals surface area contributed by atoms with E-state index in [1.165, 1.54) is 10.8 Å². The normalized spacial score (nSPS) is 10.9. The van der Waals surface area contributed by atoms with E-state index in [0.29, 0.717) is 29.0 Å².